The fourth-order valence-corrected chi connectivity index (χ4v) is 3.28. The monoisotopic (exact) mass is 312 g/mol. The van der Waals surface area contributed by atoms with Gasteiger partial charge in [-0.25, -0.2) is 0 Å². The minimum Gasteiger partial charge on any atom is -0.301 e. The molecule has 0 amide bonds. The van der Waals surface area contributed by atoms with Crippen LogP contribution in [0, 0.1) is 6.92 Å². The van der Waals surface area contributed by atoms with E-state index in [-0.39, 0.29) is 11.5 Å². The van der Waals surface area contributed by atoms with E-state index in [4.69, 9.17) is 4.18 Å². The minimum absolute atomic E-state index is 0.211. The molecule has 1 aromatic rings. The lowest BCUT2D eigenvalue weighted by Gasteiger charge is -2.33. The number of hydrogen-bond acceptors (Lipinski definition) is 5. The quantitative estimate of drug-likeness (QED) is 0.742. The van der Waals surface area contributed by atoms with Crippen LogP contribution in [-0.2, 0) is 14.3 Å². The maximum absolute atomic E-state index is 12.0. The van der Waals surface area contributed by atoms with E-state index in [9.17, 15) is 8.42 Å². The second-order valence-corrected chi connectivity index (χ2v) is 6.98. The molecule has 0 aromatic heterocycles. The highest BCUT2D eigenvalue weighted by Gasteiger charge is 2.18. The number of benzene rings is 1. The first-order chi connectivity index (χ1) is 10.0. The first-order valence-corrected chi connectivity index (χ1v) is 8.83. The highest BCUT2D eigenvalue weighted by Crippen LogP contribution is 2.13. The van der Waals surface area contributed by atoms with Gasteiger partial charge in [-0.15, -0.1) is 0 Å². The predicted octanol–water partition coefficient (Wildman–Crippen LogP) is 1.34. The zero-order valence-corrected chi connectivity index (χ0v) is 13.6. The number of piperazine rings is 1. The average molecular weight is 312 g/mol. The normalized spacial score (nSPS) is 18.0. The highest BCUT2D eigenvalue weighted by atomic mass is 32.2. The molecule has 21 heavy (non-hydrogen) atoms. The molecule has 118 valence electrons. The van der Waals surface area contributed by atoms with Gasteiger partial charge in [0.2, 0.25) is 0 Å². The fraction of sp³-hybridized carbons (Fsp3) is 0.600. The summed E-state index contributed by atoms with van der Waals surface area (Å²) >= 11 is 0. The van der Waals surface area contributed by atoms with Crippen molar-refractivity contribution in [3.05, 3.63) is 29.8 Å². The summed E-state index contributed by atoms with van der Waals surface area (Å²) in [6.45, 7) is 10.1. The van der Waals surface area contributed by atoms with E-state index in [2.05, 4.69) is 16.7 Å². The molecule has 1 fully saturated rings. The lowest BCUT2D eigenvalue weighted by atomic mass is 10.2. The summed E-state index contributed by atoms with van der Waals surface area (Å²) in [6, 6.07) is 6.73. The Morgan fingerprint density at radius 1 is 1.05 bits per heavy atom. The third kappa shape index (κ3) is 4.78. The summed E-state index contributed by atoms with van der Waals surface area (Å²) in [5.41, 5.74) is 1.03. The van der Waals surface area contributed by atoms with Gasteiger partial charge < -0.3 is 4.90 Å². The molecular weight excluding hydrogens is 288 g/mol. The third-order valence-electron chi connectivity index (χ3n) is 3.87. The number of rotatable bonds is 6. The molecule has 0 unspecified atom stereocenters. The maximum atomic E-state index is 12.0. The van der Waals surface area contributed by atoms with E-state index in [1.165, 1.54) is 0 Å². The van der Waals surface area contributed by atoms with Crippen molar-refractivity contribution in [2.24, 2.45) is 0 Å². The van der Waals surface area contributed by atoms with Crippen molar-refractivity contribution in [3.63, 3.8) is 0 Å². The van der Waals surface area contributed by atoms with Crippen LogP contribution in [0.1, 0.15) is 12.5 Å². The van der Waals surface area contributed by atoms with Crippen LogP contribution in [0.15, 0.2) is 29.2 Å². The van der Waals surface area contributed by atoms with E-state index in [0.717, 1.165) is 38.3 Å². The molecule has 1 saturated heterocycles. The smallest absolute Gasteiger partial charge is 0.297 e. The topological polar surface area (TPSA) is 49.9 Å². The van der Waals surface area contributed by atoms with Crippen molar-refractivity contribution < 1.29 is 12.6 Å². The molecule has 1 heterocycles. The molecule has 0 spiro atoms. The van der Waals surface area contributed by atoms with Gasteiger partial charge in [-0.1, -0.05) is 24.6 Å². The first kappa shape index (κ1) is 16.4. The van der Waals surface area contributed by atoms with Crippen LogP contribution in [0.5, 0.6) is 0 Å². The van der Waals surface area contributed by atoms with E-state index >= 15 is 0 Å². The number of likely N-dealkylation sites (N-methyl/N-ethyl adjacent to an activating group) is 1. The van der Waals surface area contributed by atoms with Crippen molar-refractivity contribution in [1.82, 2.24) is 9.80 Å². The van der Waals surface area contributed by atoms with Crippen molar-refractivity contribution in [2.45, 2.75) is 18.7 Å². The minimum atomic E-state index is -3.63. The molecule has 0 atom stereocenters. The van der Waals surface area contributed by atoms with E-state index < -0.39 is 10.1 Å². The molecule has 1 aromatic carbocycles. The third-order valence-corrected chi connectivity index (χ3v) is 5.19. The summed E-state index contributed by atoms with van der Waals surface area (Å²) in [4.78, 5) is 4.86. The summed E-state index contributed by atoms with van der Waals surface area (Å²) < 4.78 is 29.2. The van der Waals surface area contributed by atoms with Crippen LogP contribution in [0.3, 0.4) is 0 Å². The Morgan fingerprint density at radius 3 is 2.19 bits per heavy atom. The largest absolute Gasteiger partial charge is 0.301 e. The Kier molecular flexibility index (Phi) is 5.75. The van der Waals surface area contributed by atoms with Gasteiger partial charge in [-0.2, -0.15) is 8.42 Å². The highest BCUT2D eigenvalue weighted by molar-refractivity contribution is 7.86. The summed E-state index contributed by atoms with van der Waals surface area (Å²) in [5, 5.41) is 0. The lowest BCUT2D eigenvalue weighted by molar-refractivity contribution is 0.122. The first-order valence-electron chi connectivity index (χ1n) is 7.42. The molecule has 0 saturated carbocycles. The van der Waals surface area contributed by atoms with Crippen molar-refractivity contribution in [2.75, 3.05) is 45.9 Å². The summed E-state index contributed by atoms with van der Waals surface area (Å²) in [5.74, 6) is 0. The van der Waals surface area contributed by atoms with Crippen LogP contribution < -0.4 is 0 Å². The number of nitrogens with zero attached hydrogens (tertiary/aromatic N) is 2. The molecule has 0 aliphatic carbocycles. The second kappa shape index (κ2) is 7.35. The molecule has 0 radical (unpaired) electrons. The van der Waals surface area contributed by atoms with Gasteiger partial charge in [0.25, 0.3) is 10.1 Å². The van der Waals surface area contributed by atoms with Crippen LogP contribution in [0.4, 0.5) is 0 Å². The molecule has 5 nitrogen and oxygen atoms in total. The van der Waals surface area contributed by atoms with E-state index in [0.29, 0.717) is 6.54 Å². The molecule has 2 rings (SSSR count). The predicted molar refractivity (Wildman–Crippen MR) is 82.9 cm³/mol. The van der Waals surface area contributed by atoms with Gasteiger partial charge in [0.1, 0.15) is 0 Å². The Bertz CT molecular complexity index is 535. The molecular formula is C15H24N2O3S. The van der Waals surface area contributed by atoms with Crippen molar-refractivity contribution in [3.8, 4) is 0 Å². The molecule has 0 bridgehead atoms. The maximum Gasteiger partial charge on any atom is 0.297 e. The lowest BCUT2D eigenvalue weighted by Crippen LogP contribution is -2.47. The van der Waals surface area contributed by atoms with Gasteiger partial charge >= 0.3 is 0 Å². The molecule has 1 aliphatic rings. The Hall–Kier alpha value is -0.950. The zero-order chi connectivity index (χ0) is 15.3. The Balaban J connectivity index is 1.79. The summed E-state index contributed by atoms with van der Waals surface area (Å²) in [7, 11) is -3.63. The van der Waals surface area contributed by atoms with Gasteiger partial charge in [0.15, 0.2) is 0 Å². The molecule has 1 aliphatic heterocycles. The van der Waals surface area contributed by atoms with Crippen molar-refractivity contribution >= 4 is 10.1 Å². The van der Waals surface area contributed by atoms with Gasteiger partial charge in [-0.05, 0) is 25.6 Å². The van der Waals surface area contributed by atoms with Crippen LogP contribution in [-0.4, -0.2) is 64.1 Å². The van der Waals surface area contributed by atoms with E-state index in [1.807, 2.05) is 6.92 Å². The zero-order valence-electron chi connectivity index (χ0n) is 12.8. The SMILES string of the molecule is CCN1CCN(CCOS(=O)(=O)c2ccc(C)cc2)CC1. The van der Waals surface area contributed by atoms with Gasteiger partial charge in [0, 0.05) is 32.7 Å². The van der Waals surface area contributed by atoms with E-state index in [1.54, 1.807) is 24.3 Å². The van der Waals surface area contributed by atoms with Gasteiger partial charge in [-0.3, -0.25) is 9.08 Å². The number of aryl methyl sites for hydroxylation is 1. The fourth-order valence-electron chi connectivity index (χ4n) is 2.38. The number of hydrogen-bond donors (Lipinski definition) is 0. The molecule has 0 N–H and O–H groups in total. The Morgan fingerprint density at radius 2 is 1.62 bits per heavy atom. The average Bonchev–Trinajstić information content (AvgIpc) is 2.48. The Labute approximate surface area is 127 Å². The van der Waals surface area contributed by atoms with Crippen LogP contribution >= 0.6 is 0 Å². The second-order valence-electron chi connectivity index (χ2n) is 5.37. The van der Waals surface area contributed by atoms with Crippen LogP contribution in [0.2, 0.25) is 0 Å². The van der Waals surface area contributed by atoms with Gasteiger partial charge in [0.05, 0.1) is 11.5 Å². The summed E-state index contributed by atoms with van der Waals surface area (Å²) in [6.07, 6.45) is 0. The van der Waals surface area contributed by atoms with Crippen LogP contribution in [0.25, 0.3) is 0 Å². The van der Waals surface area contributed by atoms with Crippen molar-refractivity contribution in [1.29, 1.82) is 0 Å². The molecule has 6 heteroatoms. The standard InChI is InChI=1S/C15H24N2O3S/c1-3-16-8-10-17(11-9-16)12-13-20-21(18,19)15-6-4-14(2)5-7-15/h4-7H,3,8-13H2,1-2H3.